The van der Waals surface area contributed by atoms with Crippen LogP contribution in [0.2, 0.25) is 0 Å². The molecular weight excluding hydrogens is 334 g/mol. The molecule has 142 valence electrons. The minimum atomic E-state index is -0.714. The number of allylic oxidation sites excluding steroid dienone is 1. The SMILES string of the molecule is C=CCCCCCC[C@H](NC(=O)c1cccc(C(=O)OC)c1)C(=O)OC. The highest BCUT2D eigenvalue weighted by Gasteiger charge is 2.22. The first kappa shape index (κ1) is 21.4. The van der Waals surface area contributed by atoms with Gasteiger partial charge in [-0.25, -0.2) is 9.59 Å². The van der Waals surface area contributed by atoms with Crippen LogP contribution in [0, 0.1) is 0 Å². The van der Waals surface area contributed by atoms with Gasteiger partial charge in [0.2, 0.25) is 0 Å². The highest BCUT2D eigenvalue weighted by Crippen LogP contribution is 2.11. The maximum absolute atomic E-state index is 12.4. The molecule has 1 N–H and O–H groups in total. The number of esters is 2. The summed E-state index contributed by atoms with van der Waals surface area (Å²) in [7, 11) is 2.57. The van der Waals surface area contributed by atoms with Gasteiger partial charge < -0.3 is 14.8 Å². The topological polar surface area (TPSA) is 81.7 Å². The highest BCUT2D eigenvalue weighted by atomic mass is 16.5. The maximum atomic E-state index is 12.4. The smallest absolute Gasteiger partial charge is 0.337 e. The van der Waals surface area contributed by atoms with Crippen LogP contribution in [0.1, 0.15) is 59.2 Å². The molecule has 0 radical (unpaired) electrons. The summed E-state index contributed by atoms with van der Waals surface area (Å²) in [5.74, 6) is -1.44. The van der Waals surface area contributed by atoms with Crippen molar-refractivity contribution in [3.05, 3.63) is 48.0 Å². The molecule has 6 heteroatoms. The quantitative estimate of drug-likeness (QED) is 0.372. The van der Waals surface area contributed by atoms with Crippen molar-refractivity contribution < 1.29 is 23.9 Å². The third-order valence-corrected chi connectivity index (χ3v) is 3.99. The average molecular weight is 361 g/mol. The highest BCUT2D eigenvalue weighted by molar-refractivity contribution is 5.99. The molecule has 0 bridgehead atoms. The fourth-order valence-corrected chi connectivity index (χ4v) is 2.53. The molecule has 0 aliphatic heterocycles. The fraction of sp³-hybridized carbons (Fsp3) is 0.450. The van der Waals surface area contributed by atoms with E-state index in [0.717, 1.165) is 32.1 Å². The van der Waals surface area contributed by atoms with E-state index < -0.39 is 23.9 Å². The minimum Gasteiger partial charge on any atom is -0.467 e. The predicted molar refractivity (Wildman–Crippen MR) is 99.0 cm³/mol. The Kier molecular flexibility index (Phi) is 9.75. The van der Waals surface area contributed by atoms with Crippen LogP contribution in [-0.2, 0) is 14.3 Å². The van der Waals surface area contributed by atoms with Crippen LogP contribution in [0.3, 0.4) is 0 Å². The number of unbranched alkanes of at least 4 members (excludes halogenated alkanes) is 4. The zero-order chi connectivity index (χ0) is 19.4. The van der Waals surface area contributed by atoms with Crippen LogP contribution in [0.25, 0.3) is 0 Å². The molecule has 26 heavy (non-hydrogen) atoms. The van der Waals surface area contributed by atoms with Crippen LogP contribution in [0.5, 0.6) is 0 Å². The molecule has 0 heterocycles. The summed E-state index contributed by atoms with van der Waals surface area (Å²) in [5, 5.41) is 2.69. The Morgan fingerprint density at radius 2 is 1.77 bits per heavy atom. The molecule has 0 fully saturated rings. The molecule has 1 atom stereocenters. The number of rotatable bonds is 11. The molecular formula is C20H27NO5. The number of amides is 1. The van der Waals surface area contributed by atoms with Crippen molar-refractivity contribution in [2.24, 2.45) is 0 Å². The fourth-order valence-electron chi connectivity index (χ4n) is 2.53. The van der Waals surface area contributed by atoms with E-state index in [2.05, 4.69) is 16.6 Å². The number of benzene rings is 1. The maximum Gasteiger partial charge on any atom is 0.337 e. The van der Waals surface area contributed by atoms with Crippen molar-refractivity contribution in [1.29, 1.82) is 0 Å². The summed E-state index contributed by atoms with van der Waals surface area (Å²) in [5.41, 5.74) is 0.560. The molecule has 0 aromatic heterocycles. The van der Waals surface area contributed by atoms with Crippen molar-refractivity contribution >= 4 is 17.8 Å². The number of nitrogens with one attached hydrogen (secondary N) is 1. The molecule has 1 aromatic rings. The third kappa shape index (κ3) is 7.09. The van der Waals surface area contributed by atoms with E-state index in [-0.39, 0.29) is 11.1 Å². The largest absolute Gasteiger partial charge is 0.467 e. The number of ether oxygens (including phenoxy) is 2. The van der Waals surface area contributed by atoms with Crippen molar-refractivity contribution in [2.45, 2.75) is 44.6 Å². The summed E-state index contributed by atoms with van der Waals surface area (Å²) in [4.78, 5) is 36.0. The summed E-state index contributed by atoms with van der Waals surface area (Å²) in [6, 6.07) is 5.45. The van der Waals surface area contributed by atoms with Crippen LogP contribution >= 0.6 is 0 Å². The lowest BCUT2D eigenvalue weighted by atomic mass is 10.0. The molecule has 1 aromatic carbocycles. The number of carbonyl (C=O) groups is 3. The molecule has 0 saturated heterocycles. The van der Waals surface area contributed by atoms with Gasteiger partial charge in [-0.3, -0.25) is 4.79 Å². The van der Waals surface area contributed by atoms with Crippen molar-refractivity contribution in [3.63, 3.8) is 0 Å². The number of hydrogen-bond donors (Lipinski definition) is 1. The normalized spacial score (nSPS) is 11.3. The molecule has 0 spiro atoms. The van der Waals surface area contributed by atoms with E-state index in [1.807, 2.05) is 6.08 Å². The van der Waals surface area contributed by atoms with Gasteiger partial charge in [0.1, 0.15) is 6.04 Å². The zero-order valence-corrected chi connectivity index (χ0v) is 15.5. The second-order valence-corrected chi connectivity index (χ2v) is 5.90. The van der Waals surface area contributed by atoms with Crippen molar-refractivity contribution in [1.82, 2.24) is 5.32 Å². The lowest BCUT2D eigenvalue weighted by Gasteiger charge is -2.16. The second-order valence-electron chi connectivity index (χ2n) is 5.90. The number of hydrogen-bond acceptors (Lipinski definition) is 5. The van der Waals surface area contributed by atoms with Gasteiger partial charge in [0.25, 0.3) is 5.91 Å². The number of methoxy groups -OCH3 is 2. The Morgan fingerprint density at radius 3 is 2.42 bits per heavy atom. The predicted octanol–water partition coefficient (Wildman–Crippen LogP) is 3.27. The van der Waals surface area contributed by atoms with Gasteiger partial charge in [-0.2, -0.15) is 0 Å². The van der Waals surface area contributed by atoms with Crippen molar-refractivity contribution in [2.75, 3.05) is 14.2 Å². The van der Waals surface area contributed by atoms with E-state index in [1.54, 1.807) is 18.2 Å². The molecule has 1 rings (SSSR count). The molecule has 0 saturated carbocycles. The lowest BCUT2D eigenvalue weighted by molar-refractivity contribution is -0.143. The third-order valence-electron chi connectivity index (χ3n) is 3.99. The van der Waals surface area contributed by atoms with Crippen molar-refractivity contribution in [3.8, 4) is 0 Å². The van der Waals surface area contributed by atoms with Gasteiger partial charge >= 0.3 is 11.9 Å². The molecule has 0 unspecified atom stereocenters. The number of carbonyl (C=O) groups excluding carboxylic acids is 3. The van der Waals surface area contributed by atoms with E-state index in [1.165, 1.54) is 20.3 Å². The summed E-state index contributed by atoms with van der Waals surface area (Å²) in [6.45, 7) is 3.69. The van der Waals surface area contributed by atoms with E-state index in [0.29, 0.717) is 6.42 Å². The van der Waals surface area contributed by atoms with Crippen LogP contribution < -0.4 is 5.32 Å². The Labute approximate surface area is 154 Å². The van der Waals surface area contributed by atoms with E-state index in [9.17, 15) is 14.4 Å². The van der Waals surface area contributed by atoms with Crippen LogP contribution in [-0.4, -0.2) is 38.1 Å². The molecule has 1 amide bonds. The first-order valence-corrected chi connectivity index (χ1v) is 8.71. The second kappa shape index (κ2) is 11.8. The summed E-state index contributed by atoms with van der Waals surface area (Å²) < 4.78 is 9.43. The van der Waals surface area contributed by atoms with Gasteiger partial charge in [0, 0.05) is 5.56 Å². The van der Waals surface area contributed by atoms with Gasteiger partial charge in [-0.05, 0) is 37.5 Å². The van der Waals surface area contributed by atoms with E-state index in [4.69, 9.17) is 4.74 Å². The van der Waals surface area contributed by atoms with Gasteiger partial charge in [0.15, 0.2) is 0 Å². The first-order valence-electron chi connectivity index (χ1n) is 8.71. The summed E-state index contributed by atoms with van der Waals surface area (Å²) >= 11 is 0. The van der Waals surface area contributed by atoms with E-state index >= 15 is 0 Å². The molecule has 0 aliphatic carbocycles. The van der Waals surface area contributed by atoms with Gasteiger partial charge in [-0.15, -0.1) is 6.58 Å². The molecule has 6 nitrogen and oxygen atoms in total. The van der Waals surface area contributed by atoms with Crippen LogP contribution in [0.4, 0.5) is 0 Å². The van der Waals surface area contributed by atoms with Gasteiger partial charge in [-0.1, -0.05) is 31.4 Å². The Bertz CT molecular complexity index is 626. The van der Waals surface area contributed by atoms with Crippen LogP contribution in [0.15, 0.2) is 36.9 Å². The standard InChI is InChI=1S/C20H27NO5/c1-4-5-6-7-8-9-13-17(20(24)26-3)21-18(22)15-11-10-12-16(14-15)19(23)25-2/h4,10-12,14,17H,1,5-9,13H2,2-3H3,(H,21,22)/t17-/m0/s1. The Balaban J connectivity index is 2.66. The molecule has 0 aliphatic rings. The zero-order valence-electron chi connectivity index (χ0n) is 15.5. The summed E-state index contributed by atoms with van der Waals surface area (Å²) in [6.07, 6.45) is 7.26. The first-order chi connectivity index (χ1) is 12.5. The Morgan fingerprint density at radius 1 is 1.08 bits per heavy atom. The average Bonchev–Trinajstić information content (AvgIpc) is 2.68. The monoisotopic (exact) mass is 361 g/mol. The van der Waals surface area contributed by atoms with Gasteiger partial charge in [0.05, 0.1) is 19.8 Å². The lowest BCUT2D eigenvalue weighted by Crippen LogP contribution is -2.41. The Hall–Kier alpha value is -2.63. The minimum absolute atomic E-state index is 0.275.